The van der Waals surface area contributed by atoms with Crippen molar-refractivity contribution in [3.63, 3.8) is 0 Å². The number of nitrogens with two attached hydrogens (primary N) is 1. The van der Waals surface area contributed by atoms with E-state index in [-0.39, 0.29) is 5.97 Å². The average molecular weight is 193 g/mol. The van der Waals surface area contributed by atoms with Gasteiger partial charge in [-0.3, -0.25) is 4.79 Å². The van der Waals surface area contributed by atoms with Crippen LogP contribution in [0.3, 0.4) is 0 Å². The van der Waals surface area contributed by atoms with Crippen molar-refractivity contribution in [3.8, 4) is 5.75 Å². The highest BCUT2D eigenvalue weighted by Crippen LogP contribution is 2.12. The summed E-state index contributed by atoms with van der Waals surface area (Å²) >= 11 is 0. The quantitative estimate of drug-likeness (QED) is 0.586. The first kappa shape index (κ1) is 10.7. The Morgan fingerprint density at radius 2 is 2.00 bits per heavy atom. The van der Waals surface area contributed by atoms with E-state index >= 15 is 0 Å². The SMILES string of the molecule is CCCC(=O)Oc1ccc(CN)cc1. The van der Waals surface area contributed by atoms with E-state index in [1.807, 2.05) is 19.1 Å². The first-order valence-corrected chi connectivity index (χ1v) is 4.76. The largest absolute Gasteiger partial charge is 0.427 e. The number of esters is 1. The second kappa shape index (κ2) is 5.40. The van der Waals surface area contributed by atoms with Gasteiger partial charge in [-0.25, -0.2) is 0 Å². The summed E-state index contributed by atoms with van der Waals surface area (Å²) in [5, 5.41) is 0. The predicted octanol–water partition coefficient (Wildman–Crippen LogP) is 1.85. The molecule has 0 saturated heterocycles. The van der Waals surface area contributed by atoms with Crippen molar-refractivity contribution >= 4 is 5.97 Å². The molecule has 0 unspecified atom stereocenters. The summed E-state index contributed by atoms with van der Waals surface area (Å²) in [6.45, 7) is 2.45. The van der Waals surface area contributed by atoms with E-state index in [1.54, 1.807) is 12.1 Å². The van der Waals surface area contributed by atoms with Crippen molar-refractivity contribution in [3.05, 3.63) is 29.8 Å². The van der Waals surface area contributed by atoms with E-state index < -0.39 is 0 Å². The van der Waals surface area contributed by atoms with Crippen LogP contribution < -0.4 is 10.5 Å². The molecule has 0 atom stereocenters. The minimum absolute atomic E-state index is 0.187. The third-order valence-corrected chi connectivity index (χ3v) is 1.84. The van der Waals surface area contributed by atoms with E-state index in [4.69, 9.17) is 10.5 Å². The Labute approximate surface area is 83.9 Å². The molecule has 0 aromatic heterocycles. The molecule has 1 rings (SSSR count). The molecular weight excluding hydrogens is 178 g/mol. The van der Waals surface area contributed by atoms with Crippen LogP contribution in [0, 0.1) is 0 Å². The molecule has 14 heavy (non-hydrogen) atoms. The fourth-order valence-corrected chi connectivity index (χ4v) is 1.08. The standard InChI is InChI=1S/C11H15NO2/c1-2-3-11(13)14-10-6-4-9(8-12)5-7-10/h4-7H,2-3,8,12H2,1H3. The van der Waals surface area contributed by atoms with Crippen molar-refractivity contribution in [2.45, 2.75) is 26.3 Å². The summed E-state index contributed by atoms with van der Waals surface area (Å²) in [5.74, 6) is 0.397. The van der Waals surface area contributed by atoms with Gasteiger partial charge in [-0.1, -0.05) is 19.1 Å². The van der Waals surface area contributed by atoms with Gasteiger partial charge < -0.3 is 10.5 Å². The topological polar surface area (TPSA) is 52.3 Å². The molecule has 0 amide bonds. The van der Waals surface area contributed by atoms with Gasteiger partial charge in [-0.2, -0.15) is 0 Å². The number of carbonyl (C=O) groups excluding carboxylic acids is 1. The van der Waals surface area contributed by atoms with Crippen molar-refractivity contribution in [1.82, 2.24) is 0 Å². The molecule has 1 aromatic rings. The Morgan fingerprint density at radius 3 is 2.50 bits per heavy atom. The summed E-state index contributed by atoms with van der Waals surface area (Å²) in [6.07, 6.45) is 1.26. The van der Waals surface area contributed by atoms with Gasteiger partial charge in [0.25, 0.3) is 0 Å². The summed E-state index contributed by atoms with van der Waals surface area (Å²) in [7, 11) is 0. The normalized spacial score (nSPS) is 9.86. The van der Waals surface area contributed by atoms with E-state index in [0.717, 1.165) is 12.0 Å². The third-order valence-electron chi connectivity index (χ3n) is 1.84. The Hall–Kier alpha value is -1.35. The molecule has 3 heteroatoms. The van der Waals surface area contributed by atoms with Crippen molar-refractivity contribution in [2.24, 2.45) is 5.73 Å². The second-order valence-electron chi connectivity index (χ2n) is 3.07. The van der Waals surface area contributed by atoms with Gasteiger partial charge in [0.15, 0.2) is 0 Å². The molecule has 3 nitrogen and oxygen atoms in total. The minimum Gasteiger partial charge on any atom is -0.427 e. The lowest BCUT2D eigenvalue weighted by molar-refractivity contribution is -0.134. The summed E-state index contributed by atoms with van der Waals surface area (Å²) < 4.78 is 5.07. The van der Waals surface area contributed by atoms with Crippen molar-refractivity contribution in [2.75, 3.05) is 0 Å². The van der Waals surface area contributed by atoms with Crippen LogP contribution in [0.25, 0.3) is 0 Å². The highest BCUT2D eigenvalue weighted by Gasteiger charge is 2.02. The lowest BCUT2D eigenvalue weighted by atomic mass is 10.2. The van der Waals surface area contributed by atoms with Gasteiger partial charge >= 0.3 is 5.97 Å². The van der Waals surface area contributed by atoms with Gasteiger partial charge in [0.2, 0.25) is 0 Å². The number of rotatable bonds is 4. The lowest BCUT2D eigenvalue weighted by Gasteiger charge is -2.03. The zero-order chi connectivity index (χ0) is 10.4. The number of hydrogen-bond donors (Lipinski definition) is 1. The van der Waals surface area contributed by atoms with Crippen LogP contribution in [0.5, 0.6) is 5.75 Å². The van der Waals surface area contributed by atoms with E-state index in [1.165, 1.54) is 0 Å². The van der Waals surface area contributed by atoms with Gasteiger partial charge in [0.05, 0.1) is 0 Å². The Morgan fingerprint density at radius 1 is 1.36 bits per heavy atom. The first-order chi connectivity index (χ1) is 6.76. The minimum atomic E-state index is -0.187. The van der Waals surface area contributed by atoms with Crippen LogP contribution in [0.2, 0.25) is 0 Å². The van der Waals surface area contributed by atoms with Crippen LogP contribution in [0.4, 0.5) is 0 Å². The molecular formula is C11H15NO2. The lowest BCUT2D eigenvalue weighted by Crippen LogP contribution is -2.06. The highest BCUT2D eigenvalue weighted by atomic mass is 16.5. The zero-order valence-corrected chi connectivity index (χ0v) is 8.32. The van der Waals surface area contributed by atoms with E-state index in [2.05, 4.69) is 0 Å². The first-order valence-electron chi connectivity index (χ1n) is 4.76. The fraction of sp³-hybridized carbons (Fsp3) is 0.364. The van der Waals surface area contributed by atoms with Crippen LogP contribution >= 0.6 is 0 Å². The van der Waals surface area contributed by atoms with Gasteiger partial charge in [0.1, 0.15) is 5.75 Å². The highest BCUT2D eigenvalue weighted by molar-refractivity contribution is 5.72. The Balaban J connectivity index is 2.55. The third kappa shape index (κ3) is 3.18. The predicted molar refractivity (Wildman–Crippen MR) is 54.9 cm³/mol. The molecule has 1 aromatic carbocycles. The average Bonchev–Trinajstić information content (AvgIpc) is 2.19. The molecule has 76 valence electrons. The van der Waals surface area contributed by atoms with Gasteiger partial charge in [0, 0.05) is 13.0 Å². The van der Waals surface area contributed by atoms with Crippen LogP contribution in [-0.2, 0) is 11.3 Å². The monoisotopic (exact) mass is 193 g/mol. The van der Waals surface area contributed by atoms with Gasteiger partial charge in [-0.05, 0) is 24.1 Å². The Kier molecular flexibility index (Phi) is 4.13. The van der Waals surface area contributed by atoms with Crippen LogP contribution in [0.1, 0.15) is 25.3 Å². The summed E-state index contributed by atoms with van der Waals surface area (Å²) in [5.41, 5.74) is 6.47. The molecule has 0 aliphatic heterocycles. The molecule has 0 heterocycles. The van der Waals surface area contributed by atoms with Crippen LogP contribution in [-0.4, -0.2) is 5.97 Å². The summed E-state index contributed by atoms with van der Waals surface area (Å²) in [4.78, 5) is 11.1. The molecule has 0 bridgehead atoms. The molecule has 2 N–H and O–H groups in total. The number of benzene rings is 1. The molecule has 0 spiro atoms. The zero-order valence-electron chi connectivity index (χ0n) is 8.32. The maximum absolute atomic E-state index is 11.1. The van der Waals surface area contributed by atoms with Gasteiger partial charge in [-0.15, -0.1) is 0 Å². The van der Waals surface area contributed by atoms with E-state index in [0.29, 0.717) is 18.7 Å². The van der Waals surface area contributed by atoms with E-state index in [9.17, 15) is 4.79 Å². The molecule has 0 aliphatic rings. The smallest absolute Gasteiger partial charge is 0.311 e. The number of carbonyl (C=O) groups is 1. The Bertz CT molecular complexity index is 293. The van der Waals surface area contributed by atoms with Crippen molar-refractivity contribution < 1.29 is 9.53 Å². The molecule has 0 fully saturated rings. The molecule has 0 aliphatic carbocycles. The fourth-order valence-electron chi connectivity index (χ4n) is 1.08. The summed E-state index contributed by atoms with van der Waals surface area (Å²) in [6, 6.07) is 7.23. The maximum Gasteiger partial charge on any atom is 0.311 e. The van der Waals surface area contributed by atoms with Crippen LogP contribution in [0.15, 0.2) is 24.3 Å². The maximum atomic E-state index is 11.1. The second-order valence-corrected chi connectivity index (χ2v) is 3.07. The molecule has 0 radical (unpaired) electrons. The number of hydrogen-bond acceptors (Lipinski definition) is 3. The number of ether oxygens (including phenoxy) is 1. The van der Waals surface area contributed by atoms with Crippen molar-refractivity contribution in [1.29, 1.82) is 0 Å². The molecule has 0 saturated carbocycles.